The summed E-state index contributed by atoms with van der Waals surface area (Å²) in [4.78, 5) is 2.54. The van der Waals surface area contributed by atoms with Crippen LogP contribution in [0.5, 0.6) is 0 Å². The predicted molar refractivity (Wildman–Crippen MR) is 75.1 cm³/mol. The summed E-state index contributed by atoms with van der Waals surface area (Å²) in [5, 5.41) is 3.63. The Hall–Kier alpha value is -0.160. The van der Waals surface area contributed by atoms with Gasteiger partial charge in [-0.3, -0.25) is 4.90 Å². The molecule has 0 aromatic heterocycles. The molecule has 0 bridgehead atoms. The van der Waals surface area contributed by atoms with Gasteiger partial charge in [-0.25, -0.2) is 0 Å². The van der Waals surface area contributed by atoms with Gasteiger partial charge in [0.05, 0.1) is 6.61 Å². The number of methoxy groups -OCH3 is 1. The summed E-state index contributed by atoms with van der Waals surface area (Å²) in [6.45, 7) is 9.33. The predicted octanol–water partition coefficient (Wildman–Crippen LogP) is 1.50. The lowest BCUT2D eigenvalue weighted by atomic mass is 10.1. The maximum atomic E-state index is 5.63. The molecule has 1 aliphatic heterocycles. The Morgan fingerprint density at radius 2 is 2.17 bits per heavy atom. The Bertz CT molecular complexity index is 191. The van der Waals surface area contributed by atoms with Gasteiger partial charge in [0.25, 0.3) is 0 Å². The summed E-state index contributed by atoms with van der Waals surface area (Å²) in [5.41, 5.74) is 0. The van der Waals surface area contributed by atoms with Crippen molar-refractivity contribution in [3.05, 3.63) is 0 Å². The molecule has 4 nitrogen and oxygen atoms in total. The molecule has 0 saturated carbocycles. The van der Waals surface area contributed by atoms with Gasteiger partial charge < -0.3 is 14.8 Å². The highest BCUT2D eigenvalue weighted by molar-refractivity contribution is 4.75. The summed E-state index contributed by atoms with van der Waals surface area (Å²) < 4.78 is 10.6. The van der Waals surface area contributed by atoms with Crippen molar-refractivity contribution < 1.29 is 9.47 Å². The SMILES string of the molecule is CCCC1CN(CCOCCCOC)CCCN1. The van der Waals surface area contributed by atoms with Crippen LogP contribution in [0.3, 0.4) is 0 Å². The highest BCUT2D eigenvalue weighted by atomic mass is 16.5. The molecule has 0 aromatic carbocycles. The standard InChI is InChI=1S/C14H30N2O2/c1-3-6-14-13-16(8-4-7-15-14)9-12-18-11-5-10-17-2/h14-15H,3-13H2,1-2H3. The summed E-state index contributed by atoms with van der Waals surface area (Å²) >= 11 is 0. The van der Waals surface area contributed by atoms with E-state index in [1.54, 1.807) is 7.11 Å². The van der Waals surface area contributed by atoms with Crippen LogP contribution in [0.4, 0.5) is 0 Å². The van der Waals surface area contributed by atoms with Crippen LogP contribution in [-0.2, 0) is 9.47 Å². The maximum Gasteiger partial charge on any atom is 0.0593 e. The van der Waals surface area contributed by atoms with E-state index in [4.69, 9.17) is 9.47 Å². The van der Waals surface area contributed by atoms with E-state index in [2.05, 4.69) is 17.1 Å². The van der Waals surface area contributed by atoms with Crippen LogP contribution in [0.2, 0.25) is 0 Å². The quantitative estimate of drug-likeness (QED) is 0.636. The molecule has 1 fully saturated rings. The number of hydrogen-bond acceptors (Lipinski definition) is 4. The molecule has 0 amide bonds. The molecule has 1 unspecified atom stereocenters. The van der Waals surface area contributed by atoms with Gasteiger partial charge in [0, 0.05) is 39.5 Å². The molecule has 108 valence electrons. The number of ether oxygens (including phenoxy) is 2. The molecule has 0 aliphatic carbocycles. The van der Waals surface area contributed by atoms with E-state index >= 15 is 0 Å². The first-order valence-corrected chi connectivity index (χ1v) is 7.39. The molecule has 0 aromatic rings. The van der Waals surface area contributed by atoms with Gasteiger partial charge in [-0.2, -0.15) is 0 Å². The Kier molecular flexibility index (Phi) is 9.48. The fraction of sp³-hybridized carbons (Fsp3) is 1.00. The minimum absolute atomic E-state index is 0.672. The van der Waals surface area contributed by atoms with Crippen molar-refractivity contribution >= 4 is 0 Å². The van der Waals surface area contributed by atoms with Gasteiger partial charge in [-0.05, 0) is 32.4 Å². The first-order chi connectivity index (χ1) is 8.86. The average Bonchev–Trinajstić information content (AvgIpc) is 2.59. The maximum absolute atomic E-state index is 5.63. The van der Waals surface area contributed by atoms with E-state index in [1.807, 2.05) is 0 Å². The lowest BCUT2D eigenvalue weighted by Gasteiger charge is -2.24. The second kappa shape index (κ2) is 10.7. The molecule has 1 rings (SSSR count). The second-order valence-corrected chi connectivity index (χ2v) is 5.05. The van der Waals surface area contributed by atoms with E-state index < -0.39 is 0 Å². The molecule has 4 heteroatoms. The molecule has 18 heavy (non-hydrogen) atoms. The number of hydrogen-bond donors (Lipinski definition) is 1. The van der Waals surface area contributed by atoms with Crippen molar-refractivity contribution in [1.29, 1.82) is 0 Å². The zero-order valence-corrected chi connectivity index (χ0v) is 12.1. The normalized spacial score (nSPS) is 22.0. The smallest absolute Gasteiger partial charge is 0.0593 e. The third-order valence-corrected chi connectivity index (χ3v) is 3.39. The number of nitrogens with zero attached hydrogens (tertiary/aromatic N) is 1. The number of nitrogens with one attached hydrogen (secondary N) is 1. The first-order valence-electron chi connectivity index (χ1n) is 7.39. The van der Waals surface area contributed by atoms with Crippen LogP contribution >= 0.6 is 0 Å². The summed E-state index contributed by atoms with van der Waals surface area (Å²) in [6, 6.07) is 0.672. The summed E-state index contributed by atoms with van der Waals surface area (Å²) in [7, 11) is 1.73. The fourth-order valence-electron chi connectivity index (χ4n) is 2.42. The largest absolute Gasteiger partial charge is 0.385 e. The molecule has 1 atom stereocenters. The third kappa shape index (κ3) is 7.31. The summed E-state index contributed by atoms with van der Waals surface area (Å²) in [5.74, 6) is 0. The van der Waals surface area contributed by atoms with E-state index in [9.17, 15) is 0 Å². The highest BCUT2D eigenvalue weighted by Gasteiger charge is 2.16. The highest BCUT2D eigenvalue weighted by Crippen LogP contribution is 2.05. The van der Waals surface area contributed by atoms with Gasteiger partial charge >= 0.3 is 0 Å². The molecular weight excluding hydrogens is 228 g/mol. The van der Waals surface area contributed by atoms with Crippen LogP contribution in [0.15, 0.2) is 0 Å². The lowest BCUT2D eigenvalue weighted by molar-refractivity contribution is 0.0831. The first kappa shape index (κ1) is 15.9. The number of rotatable bonds is 9. The average molecular weight is 258 g/mol. The molecular formula is C14H30N2O2. The zero-order valence-electron chi connectivity index (χ0n) is 12.1. The lowest BCUT2D eigenvalue weighted by Crippen LogP contribution is -2.38. The van der Waals surface area contributed by atoms with Crippen molar-refractivity contribution in [3.63, 3.8) is 0 Å². The Labute approximate surface area is 112 Å². The molecule has 0 radical (unpaired) electrons. The van der Waals surface area contributed by atoms with Crippen molar-refractivity contribution in [1.82, 2.24) is 10.2 Å². The topological polar surface area (TPSA) is 33.7 Å². The minimum Gasteiger partial charge on any atom is -0.385 e. The van der Waals surface area contributed by atoms with Crippen LogP contribution in [0.1, 0.15) is 32.6 Å². The second-order valence-electron chi connectivity index (χ2n) is 5.05. The van der Waals surface area contributed by atoms with Gasteiger partial charge in [-0.1, -0.05) is 13.3 Å². The Morgan fingerprint density at radius 1 is 1.28 bits per heavy atom. The van der Waals surface area contributed by atoms with Crippen LogP contribution in [-0.4, -0.2) is 64.1 Å². The molecule has 1 N–H and O–H groups in total. The van der Waals surface area contributed by atoms with Gasteiger partial charge in [0.1, 0.15) is 0 Å². The third-order valence-electron chi connectivity index (χ3n) is 3.39. The zero-order chi connectivity index (χ0) is 13.1. The van der Waals surface area contributed by atoms with Crippen molar-refractivity contribution in [2.24, 2.45) is 0 Å². The van der Waals surface area contributed by atoms with E-state index in [0.29, 0.717) is 6.04 Å². The van der Waals surface area contributed by atoms with E-state index in [1.165, 1.54) is 32.4 Å². The van der Waals surface area contributed by atoms with Gasteiger partial charge in [0.15, 0.2) is 0 Å². The minimum atomic E-state index is 0.672. The molecule has 1 heterocycles. The van der Waals surface area contributed by atoms with Gasteiger partial charge in [-0.15, -0.1) is 0 Å². The van der Waals surface area contributed by atoms with E-state index in [-0.39, 0.29) is 0 Å². The van der Waals surface area contributed by atoms with Crippen molar-refractivity contribution in [2.45, 2.75) is 38.6 Å². The van der Waals surface area contributed by atoms with Crippen LogP contribution < -0.4 is 5.32 Å². The van der Waals surface area contributed by atoms with E-state index in [0.717, 1.165) is 39.3 Å². The molecule has 1 saturated heterocycles. The molecule has 1 aliphatic rings. The van der Waals surface area contributed by atoms with Gasteiger partial charge in [0.2, 0.25) is 0 Å². The monoisotopic (exact) mass is 258 g/mol. The van der Waals surface area contributed by atoms with Crippen molar-refractivity contribution in [2.75, 3.05) is 53.1 Å². The van der Waals surface area contributed by atoms with Crippen LogP contribution in [0.25, 0.3) is 0 Å². The van der Waals surface area contributed by atoms with Crippen LogP contribution in [0, 0.1) is 0 Å². The fourth-order valence-corrected chi connectivity index (χ4v) is 2.42. The molecule has 0 spiro atoms. The Morgan fingerprint density at radius 3 is 2.94 bits per heavy atom. The summed E-state index contributed by atoms with van der Waals surface area (Å²) in [6.07, 6.45) is 4.80. The van der Waals surface area contributed by atoms with Crippen molar-refractivity contribution in [3.8, 4) is 0 Å². The Balaban J connectivity index is 2.07.